The molecule has 0 saturated heterocycles. The van der Waals surface area contributed by atoms with Gasteiger partial charge in [0.2, 0.25) is 0 Å². The normalized spacial score (nSPS) is 17.9. The second-order valence-electron chi connectivity index (χ2n) is 10.4. The topological polar surface area (TPSA) is 0 Å². The molecule has 0 aliphatic heterocycles. The van der Waals surface area contributed by atoms with Crippen LogP contribution in [0.25, 0.3) is 22.3 Å². The van der Waals surface area contributed by atoms with E-state index in [0.717, 1.165) is 25.7 Å². The first kappa shape index (κ1) is 26.4. The minimum absolute atomic E-state index is 0.0617. The molecule has 0 aromatic heterocycles. The third kappa shape index (κ3) is 5.85. The monoisotopic (exact) mass is 496 g/mol. The smallest absolute Gasteiger partial charge is 0.166 e. The van der Waals surface area contributed by atoms with Crippen LogP contribution < -0.4 is 0 Å². The van der Waals surface area contributed by atoms with E-state index in [1.54, 1.807) is 36.4 Å². The Kier molecular flexibility index (Phi) is 8.87. The largest absolute Gasteiger partial charge is 0.203 e. The molecule has 0 bridgehead atoms. The van der Waals surface area contributed by atoms with Crippen molar-refractivity contribution in [3.05, 3.63) is 82.9 Å². The highest BCUT2D eigenvalue weighted by Gasteiger charge is 2.26. The summed E-state index contributed by atoms with van der Waals surface area (Å²) in [6.45, 7) is 3.73. The Labute approximate surface area is 212 Å². The van der Waals surface area contributed by atoms with E-state index in [4.69, 9.17) is 0 Å². The van der Waals surface area contributed by atoms with Gasteiger partial charge >= 0.3 is 0 Å². The Balaban J connectivity index is 1.43. The zero-order valence-corrected chi connectivity index (χ0v) is 21.4. The molecule has 192 valence electrons. The average molecular weight is 497 g/mol. The highest BCUT2D eigenvalue weighted by molar-refractivity contribution is 5.71. The lowest BCUT2D eigenvalue weighted by Crippen LogP contribution is -2.15. The highest BCUT2D eigenvalue weighted by Crippen LogP contribution is 2.40. The maximum atomic E-state index is 15.2. The van der Waals surface area contributed by atoms with Crippen LogP contribution in [0.15, 0.2) is 48.5 Å². The lowest BCUT2D eigenvalue weighted by atomic mass is 9.76. The van der Waals surface area contributed by atoms with Crippen molar-refractivity contribution in [2.45, 2.75) is 84.0 Å². The van der Waals surface area contributed by atoms with Crippen LogP contribution in [0.5, 0.6) is 0 Å². The number of aryl methyl sites for hydroxylation is 1. The van der Waals surface area contributed by atoms with Gasteiger partial charge in [0.05, 0.1) is 0 Å². The van der Waals surface area contributed by atoms with E-state index >= 15 is 8.78 Å². The van der Waals surface area contributed by atoms with E-state index in [1.807, 2.05) is 0 Å². The molecular formula is C32H36F4. The van der Waals surface area contributed by atoms with Gasteiger partial charge in [-0.25, -0.2) is 17.6 Å². The van der Waals surface area contributed by atoms with Gasteiger partial charge in [-0.15, -0.1) is 0 Å². The molecule has 1 aliphatic carbocycles. The fraction of sp³-hybridized carbons (Fsp3) is 0.438. The molecule has 0 atom stereocenters. The molecule has 0 amide bonds. The predicted molar refractivity (Wildman–Crippen MR) is 140 cm³/mol. The number of hydrogen-bond donors (Lipinski definition) is 0. The molecule has 4 heteroatoms. The van der Waals surface area contributed by atoms with E-state index < -0.39 is 23.3 Å². The number of hydrogen-bond acceptors (Lipinski definition) is 0. The summed E-state index contributed by atoms with van der Waals surface area (Å²) in [5.74, 6) is -2.61. The van der Waals surface area contributed by atoms with Crippen molar-refractivity contribution in [1.29, 1.82) is 0 Å². The first-order chi connectivity index (χ1) is 17.4. The lowest BCUT2D eigenvalue weighted by Gasteiger charge is -2.29. The van der Waals surface area contributed by atoms with Crippen molar-refractivity contribution in [1.82, 2.24) is 0 Å². The van der Waals surface area contributed by atoms with Gasteiger partial charge in [0.25, 0.3) is 0 Å². The number of unbranched alkanes of at least 4 members (excludes halogenated alkanes) is 4. The van der Waals surface area contributed by atoms with Gasteiger partial charge in [0.1, 0.15) is 0 Å². The molecule has 0 spiro atoms. The first-order valence-corrected chi connectivity index (χ1v) is 13.4. The average Bonchev–Trinajstić information content (AvgIpc) is 2.90. The highest BCUT2D eigenvalue weighted by atomic mass is 19.2. The van der Waals surface area contributed by atoms with E-state index in [1.165, 1.54) is 57.6 Å². The molecule has 0 radical (unpaired) electrons. The summed E-state index contributed by atoms with van der Waals surface area (Å²) in [6.07, 6.45) is 11.7. The molecule has 0 N–H and O–H groups in total. The first-order valence-electron chi connectivity index (χ1n) is 13.4. The van der Waals surface area contributed by atoms with Crippen LogP contribution in [0.2, 0.25) is 0 Å². The van der Waals surface area contributed by atoms with E-state index in [2.05, 4.69) is 6.92 Å². The van der Waals surface area contributed by atoms with Gasteiger partial charge in [-0.3, -0.25) is 0 Å². The predicted octanol–water partition coefficient (Wildman–Crippen LogP) is 10.5. The molecule has 1 saturated carbocycles. The third-order valence-corrected chi connectivity index (χ3v) is 7.90. The number of benzene rings is 3. The molecule has 3 aromatic rings. The Morgan fingerprint density at radius 3 is 1.78 bits per heavy atom. The number of rotatable bonds is 9. The Hall–Kier alpha value is -2.62. The van der Waals surface area contributed by atoms with Gasteiger partial charge in [-0.05, 0) is 66.7 Å². The Morgan fingerprint density at radius 1 is 0.611 bits per heavy atom. The minimum atomic E-state index is -0.907. The van der Waals surface area contributed by atoms with Crippen molar-refractivity contribution >= 4 is 0 Å². The van der Waals surface area contributed by atoms with Crippen LogP contribution in [0.3, 0.4) is 0 Å². The maximum absolute atomic E-state index is 15.2. The minimum Gasteiger partial charge on any atom is -0.203 e. The van der Waals surface area contributed by atoms with Crippen molar-refractivity contribution in [3.63, 3.8) is 0 Å². The van der Waals surface area contributed by atoms with E-state index in [9.17, 15) is 8.78 Å². The van der Waals surface area contributed by atoms with Crippen LogP contribution in [0.4, 0.5) is 17.6 Å². The van der Waals surface area contributed by atoms with Crippen molar-refractivity contribution < 1.29 is 17.6 Å². The van der Waals surface area contributed by atoms with Gasteiger partial charge in [-0.2, -0.15) is 0 Å². The number of halogens is 4. The zero-order chi connectivity index (χ0) is 25.7. The molecule has 0 nitrogen and oxygen atoms in total. The summed E-state index contributed by atoms with van der Waals surface area (Å²) in [5, 5.41) is 0. The fourth-order valence-electron chi connectivity index (χ4n) is 5.60. The molecule has 36 heavy (non-hydrogen) atoms. The van der Waals surface area contributed by atoms with Gasteiger partial charge < -0.3 is 0 Å². The molecule has 0 unspecified atom stereocenters. The van der Waals surface area contributed by atoms with Crippen LogP contribution in [-0.2, 0) is 0 Å². The molecule has 4 rings (SSSR count). The summed E-state index contributed by atoms with van der Waals surface area (Å²) in [4.78, 5) is 0. The van der Waals surface area contributed by atoms with Crippen LogP contribution in [0, 0.1) is 36.1 Å². The summed E-state index contributed by atoms with van der Waals surface area (Å²) >= 11 is 0. The molecular weight excluding hydrogens is 460 g/mol. The van der Waals surface area contributed by atoms with Crippen LogP contribution in [0.1, 0.15) is 88.2 Å². The van der Waals surface area contributed by atoms with E-state index in [-0.39, 0.29) is 22.6 Å². The Bertz CT molecular complexity index is 1160. The third-order valence-electron chi connectivity index (χ3n) is 7.90. The fourth-order valence-corrected chi connectivity index (χ4v) is 5.60. The van der Waals surface area contributed by atoms with Crippen molar-refractivity contribution in [2.24, 2.45) is 5.92 Å². The maximum Gasteiger partial charge on any atom is 0.166 e. The van der Waals surface area contributed by atoms with Crippen LogP contribution >= 0.6 is 0 Å². The van der Waals surface area contributed by atoms with Crippen LogP contribution in [-0.4, -0.2) is 0 Å². The van der Waals surface area contributed by atoms with Crippen molar-refractivity contribution in [3.8, 4) is 22.3 Å². The lowest BCUT2D eigenvalue weighted by molar-refractivity contribution is 0.297. The SMILES string of the molecule is CCCCCCCC1CCC(c2ccc(-c3ccc(-c4ccc(C)c(F)c4F)cc3)c(F)c2F)CC1. The quantitative estimate of drug-likeness (QED) is 0.204. The summed E-state index contributed by atoms with van der Waals surface area (Å²) < 4.78 is 58.6. The molecule has 0 heterocycles. The van der Waals surface area contributed by atoms with Gasteiger partial charge in [0.15, 0.2) is 23.3 Å². The molecule has 1 aliphatic rings. The zero-order valence-electron chi connectivity index (χ0n) is 21.4. The standard InChI is InChI=1S/C32H36F4/c1-3-4-5-6-7-8-22-10-12-23(13-11-22)27-19-20-28(32(36)31(27)35)25-16-14-24(15-17-25)26-18-9-21(2)29(33)30(26)34/h9,14-20,22-23H,3-8,10-13H2,1-2H3. The summed E-state index contributed by atoms with van der Waals surface area (Å²) in [7, 11) is 0. The van der Waals surface area contributed by atoms with Gasteiger partial charge in [0, 0.05) is 11.1 Å². The van der Waals surface area contributed by atoms with Crippen molar-refractivity contribution in [2.75, 3.05) is 0 Å². The second-order valence-corrected chi connectivity index (χ2v) is 10.4. The summed E-state index contributed by atoms with van der Waals surface area (Å²) in [5.41, 5.74) is 2.02. The Morgan fingerprint density at radius 2 is 1.17 bits per heavy atom. The van der Waals surface area contributed by atoms with Gasteiger partial charge in [-0.1, -0.05) is 94.0 Å². The molecule has 1 fully saturated rings. The molecule has 3 aromatic carbocycles. The van der Waals surface area contributed by atoms with E-state index in [0.29, 0.717) is 22.6 Å². The second kappa shape index (κ2) is 12.1. The summed E-state index contributed by atoms with van der Waals surface area (Å²) in [6, 6.07) is 12.9.